The fraction of sp³-hybridized carbons (Fsp3) is 0.333. The van der Waals surface area contributed by atoms with Crippen LogP contribution in [0, 0.1) is 5.82 Å². The largest absolute Gasteiger partial charge is 0.486 e. The Labute approximate surface area is 125 Å². The molecule has 3 rings (SSSR count). The Hall–Kier alpha value is -1.87. The molecule has 0 bridgehead atoms. The summed E-state index contributed by atoms with van der Waals surface area (Å²) in [5.74, 6) is -0.0181. The van der Waals surface area contributed by atoms with Crippen LogP contribution in [0.25, 0.3) is 0 Å². The monoisotopic (exact) mass is 285 g/mol. The number of hydrogen-bond donors (Lipinski definition) is 1. The zero-order chi connectivity index (χ0) is 14.5. The van der Waals surface area contributed by atoms with E-state index < -0.39 is 0 Å². The van der Waals surface area contributed by atoms with E-state index in [1.54, 1.807) is 18.2 Å². The average Bonchev–Trinajstić information content (AvgIpc) is 3.32. The van der Waals surface area contributed by atoms with Gasteiger partial charge >= 0.3 is 0 Å². The molecule has 1 N–H and O–H groups in total. The summed E-state index contributed by atoms with van der Waals surface area (Å²) in [6, 6.07) is 15.6. The van der Waals surface area contributed by atoms with Gasteiger partial charge in [-0.15, -0.1) is 0 Å². The third-order valence-corrected chi connectivity index (χ3v) is 3.68. The number of hydrogen-bond acceptors (Lipinski definition) is 2. The molecule has 0 spiro atoms. The third-order valence-electron chi connectivity index (χ3n) is 3.68. The van der Waals surface area contributed by atoms with Crippen LogP contribution in [-0.2, 0) is 13.0 Å². The van der Waals surface area contributed by atoms with Gasteiger partial charge in [0.1, 0.15) is 6.61 Å². The van der Waals surface area contributed by atoms with E-state index in [-0.39, 0.29) is 5.82 Å². The van der Waals surface area contributed by atoms with Gasteiger partial charge in [0.2, 0.25) is 0 Å². The summed E-state index contributed by atoms with van der Waals surface area (Å²) in [6.07, 6.45) is 3.70. The molecular weight excluding hydrogens is 265 g/mol. The van der Waals surface area contributed by atoms with Crippen LogP contribution in [0.3, 0.4) is 0 Å². The Morgan fingerprint density at radius 1 is 1.00 bits per heavy atom. The van der Waals surface area contributed by atoms with E-state index in [0.717, 1.165) is 24.6 Å². The fourth-order valence-corrected chi connectivity index (χ4v) is 2.23. The van der Waals surface area contributed by atoms with Gasteiger partial charge in [-0.1, -0.05) is 36.4 Å². The van der Waals surface area contributed by atoms with Gasteiger partial charge in [0.05, 0.1) is 0 Å². The number of benzene rings is 2. The van der Waals surface area contributed by atoms with Crippen molar-refractivity contribution in [1.29, 1.82) is 0 Å². The van der Waals surface area contributed by atoms with E-state index in [0.29, 0.717) is 12.4 Å². The van der Waals surface area contributed by atoms with Crippen molar-refractivity contribution in [2.24, 2.45) is 0 Å². The van der Waals surface area contributed by atoms with Crippen LogP contribution < -0.4 is 10.1 Å². The molecule has 0 saturated heterocycles. The van der Waals surface area contributed by atoms with Crippen molar-refractivity contribution in [1.82, 2.24) is 5.32 Å². The van der Waals surface area contributed by atoms with E-state index in [4.69, 9.17) is 4.74 Å². The second-order valence-electron chi connectivity index (χ2n) is 5.51. The van der Waals surface area contributed by atoms with Crippen molar-refractivity contribution in [3.63, 3.8) is 0 Å². The lowest BCUT2D eigenvalue weighted by Crippen LogP contribution is -2.19. The van der Waals surface area contributed by atoms with Crippen LogP contribution in [-0.4, -0.2) is 12.6 Å². The highest BCUT2D eigenvalue weighted by Crippen LogP contribution is 2.19. The van der Waals surface area contributed by atoms with E-state index >= 15 is 0 Å². The zero-order valence-corrected chi connectivity index (χ0v) is 12.0. The molecule has 0 aromatic heterocycles. The highest BCUT2D eigenvalue weighted by molar-refractivity contribution is 5.26. The van der Waals surface area contributed by atoms with Crippen molar-refractivity contribution in [2.75, 3.05) is 6.54 Å². The number of nitrogens with one attached hydrogen (secondary N) is 1. The Balaban J connectivity index is 1.48. The lowest BCUT2D eigenvalue weighted by Gasteiger charge is -2.08. The molecule has 0 amide bonds. The first-order valence-corrected chi connectivity index (χ1v) is 7.50. The van der Waals surface area contributed by atoms with Crippen molar-refractivity contribution < 1.29 is 9.13 Å². The molecule has 2 nitrogen and oxygen atoms in total. The zero-order valence-electron chi connectivity index (χ0n) is 12.0. The maximum Gasteiger partial charge on any atom is 0.165 e. The Bertz CT molecular complexity index is 578. The number of para-hydroxylation sites is 1. The first kappa shape index (κ1) is 14.1. The minimum atomic E-state index is -0.319. The number of rotatable bonds is 7. The Morgan fingerprint density at radius 3 is 2.43 bits per heavy atom. The molecule has 0 aliphatic heterocycles. The summed E-state index contributed by atoms with van der Waals surface area (Å²) >= 11 is 0. The van der Waals surface area contributed by atoms with Gasteiger partial charge in [0.25, 0.3) is 0 Å². The van der Waals surface area contributed by atoms with Crippen LogP contribution in [0.1, 0.15) is 24.0 Å². The van der Waals surface area contributed by atoms with Crippen LogP contribution in [0.2, 0.25) is 0 Å². The third kappa shape index (κ3) is 4.30. The van der Waals surface area contributed by atoms with Crippen LogP contribution >= 0.6 is 0 Å². The predicted octanol–water partition coefficient (Wildman–Crippen LogP) is 3.70. The molecule has 0 atom stereocenters. The molecule has 2 aromatic carbocycles. The molecule has 1 saturated carbocycles. The summed E-state index contributed by atoms with van der Waals surface area (Å²) in [4.78, 5) is 0. The smallest absolute Gasteiger partial charge is 0.165 e. The highest BCUT2D eigenvalue weighted by Gasteiger charge is 2.19. The molecule has 1 fully saturated rings. The van der Waals surface area contributed by atoms with Gasteiger partial charge in [0.15, 0.2) is 11.6 Å². The normalized spacial score (nSPS) is 14.1. The summed E-state index contributed by atoms with van der Waals surface area (Å²) in [6.45, 7) is 1.43. The first-order chi connectivity index (χ1) is 10.3. The first-order valence-electron chi connectivity index (χ1n) is 7.50. The van der Waals surface area contributed by atoms with Gasteiger partial charge in [-0.3, -0.25) is 0 Å². The van der Waals surface area contributed by atoms with E-state index in [9.17, 15) is 4.39 Å². The summed E-state index contributed by atoms with van der Waals surface area (Å²) < 4.78 is 18.9. The number of halogens is 1. The van der Waals surface area contributed by atoms with Crippen LogP contribution in [0.4, 0.5) is 4.39 Å². The van der Waals surface area contributed by atoms with Crippen LogP contribution in [0.15, 0.2) is 48.5 Å². The fourth-order valence-electron chi connectivity index (χ4n) is 2.23. The minimum Gasteiger partial charge on any atom is -0.486 e. The molecule has 2 aromatic rings. The molecule has 110 valence electrons. The van der Waals surface area contributed by atoms with E-state index in [1.165, 1.54) is 24.5 Å². The molecule has 1 aliphatic carbocycles. The minimum absolute atomic E-state index is 0.301. The van der Waals surface area contributed by atoms with Gasteiger partial charge in [0, 0.05) is 6.04 Å². The quantitative estimate of drug-likeness (QED) is 0.837. The van der Waals surface area contributed by atoms with Crippen molar-refractivity contribution in [2.45, 2.75) is 31.9 Å². The van der Waals surface area contributed by atoms with Crippen LogP contribution in [0.5, 0.6) is 5.75 Å². The van der Waals surface area contributed by atoms with Gasteiger partial charge in [-0.05, 0) is 49.1 Å². The molecule has 3 heteroatoms. The second kappa shape index (κ2) is 6.72. The lowest BCUT2D eigenvalue weighted by molar-refractivity contribution is 0.290. The van der Waals surface area contributed by atoms with Gasteiger partial charge < -0.3 is 10.1 Å². The SMILES string of the molecule is Fc1ccccc1OCc1ccc(CCNC2CC2)cc1. The highest BCUT2D eigenvalue weighted by atomic mass is 19.1. The Morgan fingerprint density at radius 2 is 1.71 bits per heavy atom. The predicted molar refractivity (Wildman–Crippen MR) is 81.9 cm³/mol. The van der Waals surface area contributed by atoms with Gasteiger partial charge in [-0.25, -0.2) is 4.39 Å². The molecule has 21 heavy (non-hydrogen) atoms. The molecule has 0 radical (unpaired) electrons. The van der Waals surface area contributed by atoms with Gasteiger partial charge in [-0.2, -0.15) is 0 Å². The standard InChI is InChI=1S/C18H20FNO/c19-17-3-1-2-4-18(17)21-13-15-7-5-14(6-8-15)11-12-20-16-9-10-16/h1-8,16,20H,9-13H2. The van der Waals surface area contributed by atoms with Crippen molar-refractivity contribution in [3.05, 3.63) is 65.5 Å². The molecule has 0 heterocycles. The summed E-state index contributed by atoms with van der Waals surface area (Å²) in [5, 5.41) is 3.51. The van der Waals surface area contributed by atoms with Crippen molar-refractivity contribution in [3.8, 4) is 5.75 Å². The Kier molecular flexibility index (Phi) is 4.51. The van der Waals surface area contributed by atoms with E-state index in [2.05, 4.69) is 17.4 Å². The average molecular weight is 285 g/mol. The second-order valence-corrected chi connectivity index (χ2v) is 5.51. The van der Waals surface area contributed by atoms with E-state index in [1.807, 2.05) is 12.1 Å². The topological polar surface area (TPSA) is 21.3 Å². The van der Waals surface area contributed by atoms with Crippen molar-refractivity contribution >= 4 is 0 Å². The molecule has 0 unspecified atom stereocenters. The molecule has 1 aliphatic rings. The number of ether oxygens (including phenoxy) is 1. The maximum absolute atomic E-state index is 13.4. The molecular formula is C18H20FNO. The summed E-state index contributed by atoms with van der Waals surface area (Å²) in [5.41, 5.74) is 2.37. The lowest BCUT2D eigenvalue weighted by atomic mass is 10.1. The summed E-state index contributed by atoms with van der Waals surface area (Å²) in [7, 11) is 0. The maximum atomic E-state index is 13.4.